The first-order valence-electron chi connectivity index (χ1n) is 52.0. The standard InChI is InChI=1S/C19H16N.C18H12NO.C18H14N.C17H10NO.4C13H12N.4Ir/c1-14-12-19(20-13-15(14)2)18-10-8-17(9-11-18)16-6-4-3-5-7-16;1-12-9-10-19-16(11-12)15-7-4-6-14-13-5-2-3-8-17(13)20-18(14)15;1-14-7-12-18(19-13-14)17-10-8-16(9-11-17)15-5-3-2-4-6-15;1-2-10-16-12(6-1)13-7-5-8-14(17(13)19-16)15-9-3-4-11-18-15;4*1-10-8-13(14-9-11(10)2)12-6-4-3-5-7-12;;;;/h3-10,12-13H,1-2H3;2-6,8-11H,1H3;2-10,12-13H,1H3;1-7,9-11H;4*3-6,8-9H,1-2H3;;;;/q8*-1;;;;/i2D3;;1D3;;4*2D3;;;;. The van der Waals surface area contributed by atoms with Gasteiger partial charge in [-0.05, 0) is 186 Å². The maximum atomic E-state index is 7.50. The largest absolute Gasteiger partial charge is 0.501 e. The van der Waals surface area contributed by atoms with Crippen molar-refractivity contribution in [2.45, 2.75) is 82.7 Å². The molecule has 0 spiro atoms. The second kappa shape index (κ2) is 51.8. The molecule has 10 nitrogen and oxygen atoms in total. The molecule has 0 saturated carbocycles. The molecular weight excluding hydrogens is 2400 g/mol. The maximum absolute atomic E-state index is 7.50. The Labute approximate surface area is 890 Å². The first-order valence-corrected chi connectivity index (χ1v) is 43.0. The van der Waals surface area contributed by atoms with Crippen molar-refractivity contribution in [3.05, 3.63) is 505 Å². The molecule has 0 unspecified atom stereocenters. The summed E-state index contributed by atoms with van der Waals surface area (Å²) in [6.45, 7) is -1.65. The van der Waals surface area contributed by atoms with Crippen LogP contribution in [0, 0.1) is 131 Å². The van der Waals surface area contributed by atoms with E-state index in [1.807, 2.05) is 273 Å². The van der Waals surface area contributed by atoms with Gasteiger partial charge in [-0.2, -0.15) is 0 Å². The molecule has 12 aromatic carbocycles. The molecule has 0 aliphatic heterocycles. The predicted molar refractivity (Wildman–Crippen MR) is 550 cm³/mol. The number of aryl methyl sites for hydroxylation is 12. The molecule has 692 valence electrons. The van der Waals surface area contributed by atoms with E-state index < -0.39 is 41.1 Å². The first kappa shape index (κ1) is 81.2. The van der Waals surface area contributed by atoms with E-state index in [1.165, 1.54) is 42.7 Å². The van der Waals surface area contributed by atoms with Crippen LogP contribution in [0.2, 0.25) is 0 Å². The zero-order valence-electron chi connectivity index (χ0n) is 93.7. The van der Waals surface area contributed by atoms with Crippen molar-refractivity contribution >= 4 is 43.9 Å². The van der Waals surface area contributed by atoms with Gasteiger partial charge in [0.2, 0.25) is 0 Å². The Bertz CT molecular complexity index is 7960. The van der Waals surface area contributed by atoms with Crippen molar-refractivity contribution in [3.8, 4) is 112 Å². The van der Waals surface area contributed by atoms with Crippen molar-refractivity contribution < 1.29 is 114 Å². The van der Waals surface area contributed by atoms with Crippen LogP contribution >= 0.6 is 0 Å². The fourth-order valence-electron chi connectivity index (χ4n) is 14.0. The van der Waals surface area contributed by atoms with Crippen LogP contribution in [0.25, 0.3) is 156 Å². The van der Waals surface area contributed by atoms with Gasteiger partial charge in [-0.15, -0.1) is 240 Å². The van der Waals surface area contributed by atoms with Crippen molar-refractivity contribution in [1.82, 2.24) is 39.9 Å². The average molecular weight is 2520 g/mol. The summed E-state index contributed by atoms with van der Waals surface area (Å²) >= 11 is 0. The van der Waals surface area contributed by atoms with Crippen molar-refractivity contribution in [2.24, 2.45) is 0 Å². The second-order valence-electron chi connectivity index (χ2n) is 31.0. The Morgan fingerprint density at radius 3 is 0.891 bits per heavy atom. The molecule has 0 aliphatic carbocycles. The fraction of sp³-hybridized carbons (Fsp3) is 0.0968. The van der Waals surface area contributed by atoms with Crippen LogP contribution in [0.3, 0.4) is 0 Å². The van der Waals surface area contributed by atoms with Crippen molar-refractivity contribution in [3.63, 3.8) is 0 Å². The summed E-state index contributed by atoms with van der Waals surface area (Å²) < 4.78 is 145. The number of nitrogens with zero attached hydrogens (tertiary/aromatic N) is 8. The molecular formula is C124H100Ir4N8O2-8. The summed E-state index contributed by atoms with van der Waals surface area (Å²) in [5.74, 6) is 0. The van der Waals surface area contributed by atoms with Gasteiger partial charge in [-0.25, -0.2) is 0 Å². The summed E-state index contributed by atoms with van der Waals surface area (Å²) in [6.07, 6.45) is 12.2. The Morgan fingerprint density at radius 1 is 0.217 bits per heavy atom. The molecule has 0 bridgehead atoms. The Morgan fingerprint density at radius 2 is 0.565 bits per heavy atom. The minimum Gasteiger partial charge on any atom is -0.501 e. The number of aromatic nitrogens is 8. The number of hydrogen-bond donors (Lipinski definition) is 0. The van der Waals surface area contributed by atoms with Crippen LogP contribution in [0.1, 0.15) is 91.4 Å². The van der Waals surface area contributed by atoms with E-state index >= 15 is 0 Å². The minimum atomic E-state index is -2.13. The fourth-order valence-corrected chi connectivity index (χ4v) is 14.0. The topological polar surface area (TPSA) is 129 Å². The third kappa shape index (κ3) is 27.9. The van der Waals surface area contributed by atoms with Crippen LogP contribution in [-0.4, -0.2) is 39.9 Å². The van der Waals surface area contributed by atoms with E-state index in [-0.39, 0.29) is 86.0 Å². The Hall–Kier alpha value is -14.0. The molecule has 4 radical (unpaired) electrons. The van der Waals surface area contributed by atoms with E-state index in [1.54, 1.807) is 83.3 Å². The molecule has 0 N–H and O–H groups in total. The van der Waals surface area contributed by atoms with Gasteiger partial charge in [0, 0.05) is 165 Å². The van der Waals surface area contributed by atoms with Gasteiger partial charge in [-0.1, -0.05) is 235 Å². The number of fused-ring (bicyclic) bond motifs is 6. The van der Waals surface area contributed by atoms with E-state index in [9.17, 15) is 0 Å². The number of rotatable bonds is 10. The third-order valence-corrected chi connectivity index (χ3v) is 21.4. The molecule has 0 fully saturated rings. The van der Waals surface area contributed by atoms with Gasteiger partial charge in [0.05, 0.1) is 11.2 Å². The monoisotopic (exact) mass is 2520 g/mol. The normalized spacial score (nSPS) is 12.7. The molecule has 22 rings (SSSR count). The molecule has 10 aromatic heterocycles. The van der Waals surface area contributed by atoms with Crippen LogP contribution in [0.4, 0.5) is 0 Å². The Kier molecular flexibility index (Phi) is 30.5. The molecule has 14 heteroatoms. The molecule has 10 heterocycles. The van der Waals surface area contributed by atoms with Gasteiger partial charge in [0.25, 0.3) is 0 Å². The second-order valence-corrected chi connectivity index (χ2v) is 31.0. The number of para-hydroxylation sites is 2. The summed E-state index contributed by atoms with van der Waals surface area (Å²) in [7, 11) is 0. The smallest absolute Gasteiger partial charge is 0.120 e. The molecule has 22 aromatic rings. The number of furan rings is 2. The van der Waals surface area contributed by atoms with Crippen molar-refractivity contribution in [2.75, 3.05) is 0 Å². The summed E-state index contributed by atoms with van der Waals surface area (Å²) in [6, 6.07) is 133. The quantitative estimate of drug-likeness (QED) is 0.122. The third-order valence-electron chi connectivity index (χ3n) is 21.4. The maximum Gasteiger partial charge on any atom is 0.120 e. The summed E-state index contributed by atoms with van der Waals surface area (Å²) in [5.41, 5.74) is 27.7. The van der Waals surface area contributed by atoms with Gasteiger partial charge >= 0.3 is 0 Å². The molecule has 0 atom stereocenters. The van der Waals surface area contributed by atoms with E-state index in [0.29, 0.717) is 33.5 Å². The van der Waals surface area contributed by atoms with Crippen LogP contribution in [-0.2, 0) is 80.4 Å². The average Bonchev–Trinajstić information content (AvgIpc) is 1.62. The summed E-state index contributed by atoms with van der Waals surface area (Å²) in [5, 5.41) is 4.47. The van der Waals surface area contributed by atoms with Gasteiger partial charge < -0.3 is 48.7 Å². The molecule has 0 amide bonds. The van der Waals surface area contributed by atoms with Crippen LogP contribution in [0.5, 0.6) is 0 Å². The van der Waals surface area contributed by atoms with E-state index in [4.69, 9.17) is 33.5 Å². The first-order chi connectivity index (χ1) is 72.7. The SMILES string of the molecule is Cc1ccnc(-c2[c-]ccc3c2oc2ccccc23)c1.[2H]C([2H])([2H])c1ccc(-c2[c-]cc(-c3ccccc3)cc2)nc1.[2H]C([2H])([2H])c1cnc(-c2[c-]cc(-c3ccccc3)cc2)cc1C.[2H]C([2H])([2H])c1cnc(-c2[c-]cccc2)cc1C.[2H]C([2H])([2H])c1cnc(-c2[c-]cccc2)cc1C.[2H]C([2H])([2H])c1cnc(-c2[c-]cccc2)cc1C.[2H]C([2H])([2H])c1cnc(-c2[c-]cccc2)cc1C.[Ir].[Ir].[Ir].[Ir].[c-]1ccc2c(oc3ccccc32)c1-c1ccccn1. The van der Waals surface area contributed by atoms with Gasteiger partial charge in [0.1, 0.15) is 11.2 Å². The van der Waals surface area contributed by atoms with Crippen LogP contribution < -0.4 is 0 Å². The van der Waals surface area contributed by atoms with Crippen LogP contribution in [0.15, 0.2) is 398 Å². The van der Waals surface area contributed by atoms with E-state index in [2.05, 4.69) is 126 Å². The minimum absolute atomic E-state index is 0. The summed E-state index contributed by atoms with van der Waals surface area (Å²) in [4.78, 5) is 34.1. The molecule has 0 saturated heterocycles. The van der Waals surface area contributed by atoms with Crippen molar-refractivity contribution in [1.29, 1.82) is 0 Å². The van der Waals surface area contributed by atoms with E-state index in [0.717, 1.165) is 178 Å². The zero-order valence-corrected chi connectivity index (χ0v) is 85.3. The number of pyridine rings is 8. The van der Waals surface area contributed by atoms with Gasteiger partial charge in [0.15, 0.2) is 0 Å². The predicted octanol–water partition coefficient (Wildman–Crippen LogP) is 31.2. The molecule has 138 heavy (non-hydrogen) atoms. The zero-order chi connectivity index (χ0) is 108. The Balaban J connectivity index is 0.000000168. The number of benzene rings is 12. The number of hydrogen-bond acceptors (Lipinski definition) is 10. The van der Waals surface area contributed by atoms with Gasteiger partial charge in [-0.3, -0.25) is 0 Å². The molecule has 0 aliphatic rings.